The third kappa shape index (κ3) is 1.80. The molecule has 1 saturated heterocycles. The van der Waals surface area contributed by atoms with Crippen molar-refractivity contribution in [2.24, 2.45) is 5.92 Å². The van der Waals surface area contributed by atoms with Gasteiger partial charge in [0, 0.05) is 37.4 Å². The van der Waals surface area contributed by atoms with E-state index in [0.717, 1.165) is 5.69 Å². The number of nitrogens with one attached hydrogen (secondary N) is 1. The molecule has 1 aromatic rings. The molecule has 1 aliphatic heterocycles. The highest BCUT2D eigenvalue weighted by molar-refractivity contribution is 5.78. The maximum Gasteiger partial charge on any atom is 0.223 e. The van der Waals surface area contributed by atoms with E-state index in [1.165, 1.54) is 0 Å². The van der Waals surface area contributed by atoms with Crippen LogP contribution in [0.3, 0.4) is 0 Å². The Morgan fingerprint density at radius 3 is 3.07 bits per heavy atom. The number of amides is 1. The molecule has 0 aliphatic carbocycles. The van der Waals surface area contributed by atoms with Gasteiger partial charge in [-0.25, -0.2) is 0 Å². The van der Waals surface area contributed by atoms with Crippen LogP contribution < -0.4 is 0 Å². The van der Waals surface area contributed by atoms with Gasteiger partial charge in [0.05, 0.1) is 6.54 Å². The van der Waals surface area contributed by atoms with Gasteiger partial charge in [-0.3, -0.25) is 4.79 Å². The van der Waals surface area contributed by atoms with Crippen LogP contribution in [0.25, 0.3) is 0 Å². The molecule has 1 unspecified atom stereocenters. The fourth-order valence-electron chi connectivity index (χ4n) is 1.80. The van der Waals surface area contributed by atoms with Crippen LogP contribution in [0.5, 0.6) is 0 Å². The van der Waals surface area contributed by atoms with Gasteiger partial charge in [-0.1, -0.05) is 0 Å². The van der Waals surface area contributed by atoms with E-state index in [1.54, 1.807) is 4.90 Å². The van der Waals surface area contributed by atoms with Gasteiger partial charge in [0.15, 0.2) is 0 Å². The molecule has 2 heterocycles. The van der Waals surface area contributed by atoms with E-state index >= 15 is 0 Å². The van der Waals surface area contributed by atoms with Crippen molar-refractivity contribution in [1.29, 1.82) is 0 Å². The van der Waals surface area contributed by atoms with Crippen molar-refractivity contribution in [3.8, 4) is 0 Å². The zero-order valence-corrected chi connectivity index (χ0v) is 7.94. The lowest BCUT2D eigenvalue weighted by Gasteiger charge is -2.14. The standard InChI is InChI=1S/C10H14N2O2/c13-7-8-4-10(14)12(5-8)6-9-2-1-3-11-9/h1-3,8,11,13H,4-7H2. The van der Waals surface area contributed by atoms with Crippen molar-refractivity contribution in [3.05, 3.63) is 24.0 Å². The Labute approximate surface area is 82.5 Å². The summed E-state index contributed by atoms with van der Waals surface area (Å²) in [6.07, 6.45) is 2.33. The van der Waals surface area contributed by atoms with Crippen LogP contribution in [0.4, 0.5) is 0 Å². The van der Waals surface area contributed by atoms with E-state index in [1.807, 2.05) is 18.3 Å². The second-order valence-corrected chi connectivity index (χ2v) is 3.72. The van der Waals surface area contributed by atoms with Crippen LogP contribution in [-0.4, -0.2) is 34.0 Å². The molecule has 0 radical (unpaired) electrons. The highest BCUT2D eigenvalue weighted by Crippen LogP contribution is 2.18. The molecule has 0 saturated carbocycles. The van der Waals surface area contributed by atoms with Gasteiger partial charge in [0.25, 0.3) is 0 Å². The molecule has 1 amide bonds. The highest BCUT2D eigenvalue weighted by Gasteiger charge is 2.28. The molecule has 1 aliphatic rings. The largest absolute Gasteiger partial charge is 0.396 e. The fraction of sp³-hybridized carbons (Fsp3) is 0.500. The van der Waals surface area contributed by atoms with E-state index in [9.17, 15) is 4.79 Å². The Morgan fingerprint density at radius 1 is 1.64 bits per heavy atom. The smallest absolute Gasteiger partial charge is 0.223 e. The van der Waals surface area contributed by atoms with Gasteiger partial charge in [-0.15, -0.1) is 0 Å². The summed E-state index contributed by atoms with van der Waals surface area (Å²) in [5.41, 5.74) is 1.04. The van der Waals surface area contributed by atoms with Crippen molar-refractivity contribution in [2.45, 2.75) is 13.0 Å². The Hall–Kier alpha value is -1.29. The second kappa shape index (κ2) is 3.84. The molecular weight excluding hydrogens is 180 g/mol. The van der Waals surface area contributed by atoms with E-state index in [2.05, 4.69) is 4.98 Å². The summed E-state index contributed by atoms with van der Waals surface area (Å²) in [5, 5.41) is 8.94. The lowest BCUT2D eigenvalue weighted by atomic mass is 10.1. The quantitative estimate of drug-likeness (QED) is 0.729. The molecule has 0 spiro atoms. The van der Waals surface area contributed by atoms with Crippen molar-refractivity contribution in [1.82, 2.24) is 9.88 Å². The van der Waals surface area contributed by atoms with Crippen molar-refractivity contribution in [2.75, 3.05) is 13.2 Å². The Bertz CT molecular complexity index is 308. The summed E-state index contributed by atoms with van der Waals surface area (Å²) < 4.78 is 0. The highest BCUT2D eigenvalue weighted by atomic mass is 16.3. The maximum atomic E-state index is 11.5. The van der Waals surface area contributed by atoms with Crippen molar-refractivity contribution in [3.63, 3.8) is 0 Å². The molecule has 2 rings (SSSR count). The first-order chi connectivity index (χ1) is 6.79. The third-order valence-electron chi connectivity index (χ3n) is 2.58. The molecule has 4 heteroatoms. The SMILES string of the molecule is O=C1CC(CO)CN1Cc1ccc[nH]1. The minimum Gasteiger partial charge on any atom is -0.396 e. The number of aliphatic hydroxyl groups is 1. The lowest BCUT2D eigenvalue weighted by Crippen LogP contribution is -2.25. The number of carbonyl (C=O) groups excluding carboxylic acids is 1. The normalized spacial score (nSPS) is 21.9. The molecule has 76 valence electrons. The first kappa shape index (κ1) is 9.27. The Kier molecular flexibility index (Phi) is 2.54. The van der Waals surface area contributed by atoms with Crippen LogP contribution >= 0.6 is 0 Å². The molecule has 0 aromatic carbocycles. The first-order valence-electron chi connectivity index (χ1n) is 4.80. The number of rotatable bonds is 3. The number of aliphatic hydroxyl groups excluding tert-OH is 1. The number of hydrogen-bond acceptors (Lipinski definition) is 2. The predicted octanol–water partition coefficient (Wildman–Crippen LogP) is 0.355. The molecule has 1 fully saturated rings. The number of nitrogens with zero attached hydrogens (tertiary/aromatic N) is 1. The molecule has 0 bridgehead atoms. The van der Waals surface area contributed by atoms with E-state index < -0.39 is 0 Å². The predicted molar refractivity (Wildman–Crippen MR) is 51.4 cm³/mol. The lowest BCUT2D eigenvalue weighted by molar-refractivity contribution is -0.128. The first-order valence-corrected chi connectivity index (χ1v) is 4.80. The number of aromatic nitrogens is 1. The zero-order chi connectivity index (χ0) is 9.97. The van der Waals surface area contributed by atoms with E-state index in [4.69, 9.17) is 5.11 Å². The van der Waals surface area contributed by atoms with Crippen LogP contribution in [0.15, 0.2) is 18.3 Å². The molecule has 14 heavy (non-hydrogen) atoms. The Balaban J connectivity index is 1.96. The fourth-order valence-corrected chi connectivity index (χ4v) is 1.80. The van der Waals surface area contributed by atoms with E-state index in [0.29, 0.717) is 19.5 Å². The topological polar surface area (TPSA) is 56.3 Å². The maximum absolute atomic E-state index is 11.5. The number of likely N-dealkylation sites (tertiary alicyclic amines) is 1. The van der Waals surface area contributed by atoms with Crippen molar-refractivity contribution >= 4 is 5.91 Å². The van der Waals surface area contributed by atoms with Crippen LogP contribution in [0.1, 0.15) is 12.1 Å². The summed E-state index contributed by atoms with van der Waals surface area (Å²) >= 11 is 0. The van der Waals surface area contributed by atoms with Gasteiger partial charge >= 0.3 is 0 Å². The van der Waals surface area contributed by atoms with Gasteiger partial charge in [0.2, 0.25) is 5.91 Å². The number of H-pyrrole nitrogens is 1. The number of aromatic amines is 1. The molecule has 2 N–H and O–H groups in total. The Morgan fingerprint density at radius 2 is 2.50 bits per heavy atom. The van der Waals surface area contributed by atoms with E-state index in [-0.39, 0.29) is 18.4 Å². The third-order valence-corrected chi connectivity index (χ3v) is 2.58. The van der Waals surface area contributed by atoms with Gasteiger partial charge in [-0.2, -0.15) is 0 Å². The second-order valence-electron chi connectivity index (χ2n) is 3.72. The van der Waals surface area contributed by atoms with Crippen LogP contribution in [0.2, 0.25) is 0 Å². The van der Waals surface area contributed by atoms with Crippen LogP contribution in [0, 0.1) is 5.92 Å². The van der Waals surface area contributed by atoms with Crippen LogP contribution in [-0.2, 0) is 11.3 Å². The summed E-state index contributed by atoms with van der Waals surface area (Å²) in [6.45, 7) is 1.41. The van der Waals surface area contributed by atoms with Gasteiger partial charge in [-0.05, 0) is 12.1 Å². The number of carbonyl (C=O) groups is 1. The molecule has 4 nitrogen and oxygen atoms in total. The summed E-state index contributed by atoms with van der Waals surface area (Å²) in [5.74, 6) is 0.260. The average molecular weight is 194 g/mol. The minimum atomic E-state index is 0.104. The zero-order valence-electron chi connectivity index (χ0n) is 7.94. The molecule has 1 aromatic heterocycles. The van der Waals surface area contributed by atoms with Crippen molar-refractivity contribution < 1.29 is 9.90 Å². The minimum absolute atomic E-state index is 0.104. The molecular formula is C10H14N2O2. The van der Waals surface area contributed by atoms with Gasteiger partial charge in [0.1, 0.15) is 0 Å². The molecule has 1 atom stereocenters. The average Bonchev–Trinajstić information content (AvgIpc) is 2.78. The van der Waals surface area contributed by atoms with Gasteiger partial charge < -0.3 is 15.0 Å². The summed E-state index contributed by atoms with van der Waals surface area (Å²) in [7, 11) is 0. The number of hydrogen-bond donors (Lipinski definition) is 2. The monoisotopic (exact) mass is 194 g/mol. The summed E-state index contributed by atoms with van der Waals surface area (Å²) in [4.78, 5) is 16.3. The summed E-state index contributed by atoms with van der Waals surface area (Å²) in [6, 6.07) is 3.87.